The molecule has 0 aliphatic carbocycles. The SMILES string of the molecule is Cc1cc(Nc2ccccc2C(C)Cl)nc(C(C)C)n1. The number of hydrogen-bond acceptors (Lipinski definition) is 3. The van der Waals surface area contributed by atoms with Crippen molar-refractivity contribution < 1.29 is 0 Å². The Hall–Kier alpha value is -1.61. The fraction of sp³-hybridized carbons (Fsp3) is 0.375. The second-order valence-corrected chi connectivity index (χ2v) is 5.89. The summed E-state index contributed by atoms with van der Waals surface area (Å²) in [7, 11) is 0. The van der Waals surface area contributed by atoms with Gasteiger partial charge in [0.25, 0.3) is 0 Å². The first-order valence-electron chi connectivity index (χ1n) is 6.83. The molecular formula is C16H20ClN3. The van der Waals surface area contributed by atoms with Crippen LogP contribution in [0.3, 0.4) is 0 Å². The Morgan fingerprint density at radius 2 is 1.80 bits per heavy atom. The van der Waals surface area contributed by atoms with Crippen molar-refractivity contribution in [1.82, 2.24) is 9.97 Å². The number of nitrogens with one attached hydrogen (secondary N) is 1. The highest BCUT2D eigenvalue weighted by molar-refractivity contribution is 6.21. The second kappa shape index (κ2) is 6.23. The Bertz CT molecular complexity index is 594. The summed E-state index contributed by atoms with van der Waals surface area (Å²) in [6.07, 6.45) is 0. The molecule has 1 atom stereocenters. The van der Waals surface area contributed by atoms with Gasteiger partial charge in [-0.05, 0) is 25.5 Å². The number of alkyl halides is 1. The zero-order valence-corrected chi connectivity index (χ0v) is 13.1. The summed E-state index contributed by atoms with van der Waals surface area (Å²) < 4.78 is 0. The average Bonchev–Trinajstić information content (AvgIpc) is 2.38. The fourth-order valence-electron chi connectivity index (χ4n) is 2.01. The number of aromatic nitrogens is 2. The normalized spacial score (nSPS) is 12.5. The molecule has 2 rings (SSSR count). The summed E-state index contributed by atoms with van der Waals surface area (Å²) in [5.41, 5.74) is 3.02. The van der Waals surface area contributed by atoms with Gasteiger partial charge in [0, 0.05) is 23.4 Å². The van der Waals surface area contributed by atoms with Crippen LogP contribution in [0, 0.1) is 6.92 Å². The monoisotopic (exact) mass is 289 g/mol. The number of nitrogens with zero attached hydrogens (tertiary/aromatic N) is 2. The predicted octanol–water partition coefficient (Wildman–Crippen LogP) is 4.95. The molecule has 3 nitrogen and oxygen atoms in total. The van der Waals surface area contributed by atoms with Crippen LogP contribution in [-0.2, 0) is 0 Å². The largest absolute Gasteiger partial charge is 0.340 e. The Labute approximate surface area is 125 Å². The highest BCUT2D eigenvalue weighted by atomic mass is 35.5. The number of para-hydroxylation sites is 1. The molecule has 1 unspecified atom stereocenters. The summed E-state index contributed by atoms with van der Waals surface area (Å²) in [4.78, 5) is 9.02. The number of benzene rings is 1. The average molecular weight is 290 g/mol. The van der Waals surface area contributed by atoms with Gasteiger partial charge < -0.3 is 5.32 Å². The van der Waals surface area contributed by atoms with Crippen molar-refractivity contribution in [3.8, 4) is 0 Å². The predicted molar refractivity (Wildman–Crippen MR) is 84.9 cm³/mol. The maximum Gasteiger partial charge on any atom is 0.134 e. The number of aryl methyl sites for hydroxylation is 1. The van der Waals surface area contributed by atoms with Crippen LogP contribution in [0.15, 0.2) is 30.3 Å². The first kappa shape index (κ1) is 14.8. The third-order valence-corrected chi connectivity index (χ3v) is 3.28. The minimum atomic E-state index is -0.0498. The van der Waals surface area contributed by atoms with Crippen LogP contribution in [0.1, 0.15) is 49.1 Å². The van der Waals surface area contributed by atoms with Crippen molar-refractivity contribution in [2.45, 2.75) is 39.0 Å². The second-order valence-electron chi connectivity index (χ2n) is 5.24. The molecular weight excluding hydrogens is 270 g/mol. The highest BCUT2D eigenvalue weighted by Crippen LogP contribution is 2.29. The van der Waals surface area contributed by atoms with Crippen LogP contribution >= 0.6 is 11.6 Å². The number of hydrogen-bond donors (Lipinski definition) is 1. The Morgan fingerprint density at radius 3 is 2.45 bits per heavy atom. The summed E-state index contributed by atoms with van der Waals surface area (Å²) in [5.74, 6) is 1.97. The molecule has 1 N–H and O–H groups in total. The van der Waals surface area contributed by atoms with E-state index in [4.69, 9.17) is 11.6 Å². The third kappa shape index (κ3) is 3.48. The lowest BCUT2D eigenvalue weighted by atomic mass is 10.1. The third-order valence-electron chi connectivity index (χ3n) is 3.04. The molecule has 0 amide bonds. The number of rotatable bonds is 4. The maximum absolute atomic E-state index is 6.21. The fourth-order valence-corrected chi connectivity index (χ4v) is 2.20. The molecule has 0 fully saturated rings. The van der Waals surface area contributed by atoms with Crippen LogP contribution in [0.2, 0.25) is 0 Å². The van der Waals surface area contributed by atoms with E-state index in [2.05, 4.69) is 29.1 Å². The molecule has 20 heavy (non-hydrogen) atoms. The van der Waals surface area contributed by atoms with Crippen LogP contribution in [-0.4, -0.2) is 9.97 Å². The van der Waals surface area contributed by atoms with E-state index in [0.29, 0.717) is 5.92 Å². The van der Waals surface area contributed by atoms with Crippen molar-refractivity contribution in [2.75, 3.05) is 5.32 Å². The van der Waals surface area contributed by atoms with Crippen LogP contribution in [0.25, 0.3) is 0 Å². The van der Waals surface area contributed by atoms with E-state index in [1.807, 2.05) is 44.2 Å². The topological polar surface area (TPSA) is 37.8 Å². The Morgan fingerprint density at radius 1 is 1.10 bits per heavy atom. The molecule has 106 valence electrons. The van der Waals surface area contributed by atoms with E-state index in [0.717, 1.165) is 28.6 Å². The van der Waals surface area contributed by atoms with Crippen molar-refractivity contribution in [3.05, 3.63) is 47.4 Å². The molecule has 1 heterocycles. The molecule has 4 heteroatoms. The van der Waals surface area contributed by atoms with Gasteiger partial charge in [-0.3, -0.25) is 0 Å². The van der Waals surface area contributed by atoms with E-state index in [1.165, 1.54) is 0 Å². The number of halogens is 1. The van der Waals surface area contributed by atoms with Gasteiger partial charge in [0.15, 0.2) is 0 Å². The van der Waals surface area contributed by atoms with Crippen LogP contribution in [0.5, 0.6) is 0 Å². The first-order chi connectivity index (χ1) is 9.47. The molecule has 0 spiro atoms. The molecule has 0 radical (unpaired) electrons. The summed E-state index contributed by atoms with van der Waals surface area (Å²) in [5, 5.41) is 3.30. The maximum atomic E-state index is 6.21. The van der Waals surface area contributed by atoms with Gasteiger partial charge in [0.1, 0.15) is 11.6 Å². The molecule has 0 bridgehead atoms. The smallest absolute Gasteiger partial charge is 0.134 e. The minimum Gasteiger partial charge on any atom is -0.340 e. The van der Waals surface area contributed by atoms with Gasteiger partial charge in [0.05, 0.1) is 5.38 Å². The van der Waals surface area contributed by atoms with E-state index >= 15 is 0 Å². The molecule has 2 aromatic rings. The van der Waals surface area contributed by atoms with Crippen molar-refractivity contribution in [3.63, 3.8) is 0 Å². The van der Waals surface area contributed by atoms with E-state index in [-0.39, 0.29) is 5.38 Å². The van der Waals surface area contributed by atoms with Crippen LogP contribution in [0.4, 0.5) is 11.5 Å². The zero-order chi connectivity index (χ0) is 14.7. The lowest BCUT2D eigenvalue weighted by Crippen LogP contribution is -2.04. The standard InChI is InChI=1S/C16H20ClN3/c1-10(2)16-18-11(3)9-15(20-16)19-14-8-6-5-7-13(14)12(4)17/h5-10,12H,1-4H3,(H,18,19,20). The first-order valence-corrected chi connectivity index (χ1v) is 7.26. The van der Waals surface area contributed by atoms with E-state index in [1.54, 1.807) is 0 Å². The van der Waals surface area contributed by atoms with Gasteiger partial charge in [-0.1, -0.05) is 32.0 Å². The lowest BCUT2D eigenvalue weighted by molar-refractivity contribution is 0.768. The molecule has 1 aromatic heterocycles. The van der Waals surface area contributed by atoms with Crippen molar-refractivity contribution in [2.24, 2.45) is 0 Å². The molecule has 0 saturated carbocycles. The van der Waals surface area contributed by atoms with Gasteiger partial charge in [0.2, 0.25) is 0 Å². The van der Waals surface area contributed by atoms with Crippen LogP contribution < -0.4 is 5.32 Å². The summed E-state index contributed by atoms with van der Waals surface area (Å²) >= 11 is 6.21. The summed E-state index contributed by atoms with van der Waals surface area (Å²) in [6.45, 7) is 8.13. The summed E-state index contributed by atoms with van der Waals surface area (Å²) in [6, 6.07) is 9.96. The molecule has 0 aliphatic rings. The Balaban J connectivity index is 2.35. The highest BCUT2D eigenvalue weighted by Gasteiger charge is 2.10. The molecule has 0 aliphatic heterocycles. The van der Waals surface area contributed by atoms with Crippen molar-refractivity contribution >= 4 is 23.1 Å². The lowest BCUT2D eigenvalue weighted by Gasteiger charge is -2.14. The van der Waals surface area contributed by atoms with Crippen molar-refractivity contribution in [1.29, 1.82) is 0 Å². The van der Waals surface area contributed by atoms with E-state index in [9.17, 15) is 0 Å². The molecule has 0 saturated heterocycles. The van der Waals surface area contributed by atoms with Gasteiger partial charge >= 0.3 is 0 Å². The van der Waals surface area contributed by atoms with Gasteiger partial charge in [-0.25, -0.2) is 9.97 Å². The van der Waals surface area contributed by atoms with Gasteiger partial charge in [-0.2, -0.15) is 0 Å². The Kier molecular flexibility index (Phi) is 4.61. The number of anilines is 2. The van der Waals surface area contributed by atoms with E-state index < -0.39 is 0 Å². The minimum absolute atomic E-state index is 0.0498. The molecule has 1 aromatic carbocycles. The quantitative estimate of drug-likeness (QED) is 0.809. The zero-order valence-electron chi connectivity index (χ0n) is 12.3. The van der Waals surface area contributed by atoms with Gasteiger partial charge in [-0.15, -0.1) is 11.6 Å².